The van der Waals surface area contributed by atoms with Gasteiger partial charge in [0.15, 0.2) is 22.3 Å². The molecule has 0 radical (unpaired) electrons. The summed E-state index contributed by atoms with van der Waals surface area (Å²) in [5.74, 6) is 0.876. The fraction of sp³-hybridized carbons (Fsp3) is 0.375. The standard InChI is InChI=1S/C24H25N7O5S/c1-34-19-3-2-14(11-25-19)23-27-17(13-36-23)22(33)26-16-10-18-20(28-21(16)31-5-4-15(32)12-31)29-24(37-18)30-6-8-35-9-7-30/h2-3,10-11,13,15,32H,4-9,12H2,1H3,(H,26,33)/t15-/m0/s1. The Balaban J connectivity index is 1.29. The zero-order chi connectivity index (χ0) is 25.4. The van der Waals surface area contributed by atoms with Gasteiger partial charge in [-0.2, -0.15) is 4.98 Å². The lowest BCUT2D eigenvalue weighted by Gasteiger charge is -2.25. The molecular formula is C24H25N7O5S. The van der Waals surface area contributed by atoms with Crippen LogP contribution in [0.15, 0.2) is 35.1 Å². The number of fused-ring (bicyclic) bond motifs is 1. The van der Waals surface area contributed by atoms with Crippen LogP contribution >= 0.6 is 11.3 Å². The van der Waals surface area contributed by atoms with Crippen LogP contribution in [0, 0.1) is 0 Å². The fourth-order valence-electron chi connectivity index (χ4n) is 4.32. The number of rotatable bonds is 6. The number of hydrogen-bond acceptors (Lipinski definition) is 12. The van der Waals surface area contributed by atoms with Gasteiger partial charge in [0.25, 0.3) is 5.91 Å². The number of ether oxygens (including phenoxy) is 2. The van der Waals surface area contributed by atoms with Gasteiger partial charge in [-0.15, -0.1) is 0 Å². The molecule has 37 heavy (non-hydrogen) atoms. The largest absolute Gasteiger partial charge is 0.481 e. The van der Waals surface area contributed by atoms with E-state index >= 15 is 0 Å². The Kier molecular flexibility index (Phi) is 6.32. The number of carbonyl (C=O) groups excluding carboxylic acids is 1. The van der Waals surface area contributed by atoms with Crippen LogP contribution in [-0.4, -0.2) is 83.6 Å². The van der Waals surface area contributed by atoms with Gasteiger partial charge in [-0.3, -0.25) is 4.79 Å². The molecule has 1 amide bonds. The van der Waals surface area contributed by atoms with Gasteiger partial charge in [-0.05, 0) is 18.6 Å². The summed E-state index contributed by atoms with van der Waals surface area (Å²) in [4.78, 5) is 35.4. The average Bonchev–Trinajstić information content (AvgIpc) is 3.68. The third kappa shape index (κ3) is 4.80. The van der Waals surface area contributed by atoms with Crippen molar-refractivity contribution in [1.82, 2.24) is 19.9 Å². The SMILES string of the molecule is COc1ccc(-c2nc(C(=O)Nc3cc4sc(N5CCOCC5)nc4nc3N3CC[C@H](O)C3)co2)cn1. The maximum atomic E-state index is 13.2. The monoisotopic (exact) mass is 523 g/mol. The Bertz CT molecular complexity index is 1420. The molecule has 1 atom stereocenters. The van der Waals surface area contributed by atoms with E-state index in [-0.39, 0.29) is 11.6 Å². The topological polar surface area (TPSA) is 139 Å². The molecule has 0 spiro atoms. The molecule has 2 N–H and O–H groups in total. The summed E-state index contributed by atoms with van der Waals surface area (Å²) < 4.78 is 16.9. The molecule has 192 valence electrons. The van der Waals surface area contributed by atoms with Gasteiger partial charge in [0.05, 0.1) is 42.4 Å². The number of methoxy groups -OCH3 is 1. The molecule has 2 fully saturated rings. The number of nitrogens with one attached hydrogen (secondary N) is 1. The highest BCUT2D eigenvalue weighted by molar-refractivity contribution is 7.22. The van der Waals surface area contributed by atoms with Gasteiger partial charge in [-0.25, -0.2) is 15.0 Å². The summed E-state index contributed by atoms with van der Waals surface area (Å²) in [5.41, 5.74) is 1.88. The van der Waals surface area contributed by atoms with Gasteiger partial charge in [0.2, 0.25) is 11.8 Å². The number of β-amino-alcohol motifs (C(OH)–C–C–N with tert-alkyl or cyclic N) is 1. The number of aliphatic hydroxyl groups excluding tert-OH is 1. The molecule has 0 saturated carbocycles. The Labute approximate surface area is 215 Å². The number of oxazole rings is 1. The highest BCUT2D eigenvalue weighted by atomic mass is 32.1. The van der Waals surface area contributed by atoms with Crippen molar-refractivity contribution >= 4 is 44.2 Å². The Morgan fingerprint density at radius 2 is 2.05 bits per heavy atom. The first kappa shape index (κ1) is 23.6. The van der Waals surface area contributed by atoms with Crippen molar-refractivity contribution in [3.8, 4) is 17.3 Å². The molecule has 6 rings (SSSR count). The number of aromatic nitrogens is 4. The van der Waals surface area contributed by atoms with Crippen molar-refractivity contribution in [3.05, 3.63) is 36.4 Å². The molecular weight excluding hydrogens is 498 g/mol. The third-order valence-corrected chi connectivity index (χ3v) is 7.33. The average molecular weight is 524 g/mol. The minimum absolute atomic E-state index is 0.122. The first-order valence-electron chi connectivity index (χ1n) is 11.9. The van der Waals surface area contributed by atoms with E-state index in [4.69, 9.17) is 23.9 Å². The summed E-state index contributed by atoms with van der Waals surface area (Å²) in [6, 6.07) is 5.33. The summed E-state index contributed by atoms with van der Waals surface area (Å²) >= 11 is 1.52. The predicted molar refractivity (Wildman–Crippen MR) is 138 cm³/mol. The quantitative estimate of drug-likeness (QED) is 0.385. The second kappa shape index (κ2) is 9.92. The van der Waals surface area contributed by atoms with Gasteiger partial charge in [0.1, 0.15) is 6.26 Å². The van der Waals surface area contributed by atoms with E-state index < -0.39 is 12.0 Å². The van der Waals surface area contributed by atoms with Crippen LogP contribution in [-0.2, 0) is 4.74 Å². The number of aliphatic hydroxyl groups is 1. The second-order valence-electron chi connectivity index (χ2n) is 8.75. The molecule has 0 aromatic carbocycles. The Morgan fingerprint density at radius 1 is 1.19 bits per heavy atom. The number of nitrogens with zero attached hydrogens (tertiary/aromatic N) is 6. The molecule has 6 heterocycles. The van der Waals surface area contributed by atoms with Crippen molar-refractivity contribution in [1.29, 1.82) is 0 Å². The van der Waals surface area contributed by atoms with Crippen LogP contribution < -0.4 is 19.9 Å². The molecule has 2 saturated heterocycles. The van der Waals surface area contributed by atoms with Crippen LogP contribution in [0.3, 0.4) is 0 Å². The van der Waals surface area contributed by atoms with E-state index in [9.17, 15) is 9.90 Å². The number of morpholine rings is 1. The number of pyridine rings is 2. The predicted octanol–water partition coefficient (Wildman–Crippen LogP) is 2.41. The summed E-state index contributed by atoms with van der Waals surface area (Å²) in [5, 5.41) is 13.9. The molecule has 12 nitrogen and oxygen atoms in total. The van der Waals surface area contributed by atoms with Gasteiger partial charge in [-0.1, -0.05) is 11.3 Å². The zero-order valence-electron chi connectivity index (χ0n) is 20.1. The van der Waals surface area contributed by atoms with Crippen LogP contribution in [0.25, 0.3) is 21.8 Å². The highest BCUT2D eigenvalue weighted by Gasteiger charge is 2.27. The van der Waals surface area contributed by atoms with E-state index in [0.717, 1.165) is 22.9 Å². The van der Waals surface area contributed by atoms with Gasteiger partial charge >= 0.3 is 0 Å². The van der Waals surface area contributed by atoms with Crippen molar-refractivity contribution in [2.45, 2.75) is 12.5 Å². The Morgan fingerprint density at radius 3 is 2.78 bits per heavy atom. The smallest absolute Gasteiger partial charge is 0.277 e. The first-order valence-corrected chi connectivity index (χ1v) is 12.7. The van der Waals surface area contributed by atoms with E-state index in [1.807, 2.05) is 11.0 Å². The zero-order valence-corrected chi connectivity index (χ0v) is 20.9. The van der Waals surface area contributed by atoms with E-state index in [1.165, 1.54) is 24.7 Å². The molecule has 13 heteroatoms. The van der Waals surface area contributed by atoms with Crippen LogP contribution in [0.2, 0.25) is 0 Å². The number of amides is 1. The van der Waals surface area contributed by atoms with Gasteiger partial charge in [0, 0.05) is 38.4 Å². The lowest BCUT2D eigenvalue weighted by atomic mass is 10.3. The van der Waals surface area contributed by atoms with E-state index in [1.54, 1.807) is 18.3 Å². The van der Waals surface area contributed by atoms with Crippen molar-refractivity contribution in [2.75, 3.05) is 61.6 Å². The first-order chi connectivity index (χ1) is 18.1. The van der Waals surface area contributed by atoms with Crippen molar-refractivity contribution in [3.63, 3.8) is 0 Å². The summed E-state index contributed by atoms with van der Waals surface area (Å²) in [6.07, 6.45) is 3.06. The lowest BCUT2D eigenvalue weighted by molar-refractivity contribution is 0.102. The summed E-state index contributed by atoms with van der Waals surface area (Å²) in [7, 11) is 1.54. The lowest BCUT2D eigenvalue weighted by Crippen LogP contribution is -2.36. The minimum atomic E-state index is -0.448. The number of anilines is 3. The third-order valence-electron chi connectivity index (χ3n) is 6.27. The molecule has 4 aromatic rings. The maximum Gasteiger partial charge on any atom is 0.277 e. The second-order valence-corrected chi connectivity index (χ2v) is 9.76. The van der Waals surface area contributed by atoms with Crippen LogP contribution in [0.1, 0.15) is 16.9 Å². The summed E-state index contributed by atoms with van der Waals surface area (Å²) in [6.45, 7) is 3.92. The number of carbonyl (C=O) groups is 1. The minimum Gasteiger partial charge on any atom is -0.481 e. The highest BCUT2D eigenvalue weighted by Crippen LogP contribution is 2.36. The van der Waals surface area contributed by atoms with Crippen LogP contribution in [0.5, 0.6) is 5.88 Å². The van der Waals surface area contributed by atoms with Crippen molar-refractivity contribution in [2.24, 2.45) is 0 Å². The fourth-order valence-corrected chi connectivity index (χ4v) is 5.32. The van der Waals surface area contributed by atoms with Crippen LogP contribution in [0.4, 0.5) is 16.6 Å². The number of hydrogen-bond donors (Lipinski definition) is 2. The normalized spacial score (nSPS) is 17.9. The van der Waals surface area contributed by atoms with E-state index in [2.05, 4.69) is 20.2 Å². The Hall–Kier alpha value is -3.81. The molecule has 2 aliphatic rings. The maximum absolute atomic E-state index is 13.2. The molecule has 0 unspecified atom stereocenters. The molecule has 2 aliphatic heterocycles. The molecule has 4 aromatic heterocycles. The molecule has 0 aliphatic carbocycles. The number of thiazole rings is 1. The van der Waals surface area contributed by atoms with Gasteiger partial charge < -0.3 is 34.1 Å². The van der Waals surface area contributed by atoms with E-state index in [0.29, 0.717) is 61.3 Å². The molecule has 0 bridgehead atoms. The van der Waals surface area contributed by atoms with Crippen molar-refractivity contribution < 1.29 is 23.8 Å².